The summed E-state index contributed by atoms with van der Waals surface area (Å²) in [6.45, 7) is 1.63. The number of piperazine rings is 1. The van der Waals surface area contributed by atoms with Gasteiger partial charge in [-0.05, 0) is 41.3 Å². The van der Waals surface area contributed by atoms with E-state index in [1.165, 1.54) is 11.0 Å². The molecule has 1 fully saturated rings. The summed E-state index contributed by atoms with van der Waals surface area (Å²) in [7, 11) is 0. The molecule has 0 bridgehead atoms. The second kappa shape index (κ2) is 15.3. The Labute approximate surface area is 243 Å². The Hall–Kier alpha value is -4.80. The summed E-state index contributed by atoms with van der Waals surface area (Å²) in [6, 6.07) is 23.0. The third-order valence-electron chi connectivity index (χ3n) is 6.79. The van der Waals surface area contributed by atoms with E-state index < -0.39 is 24.1 Å². The number of halogens is 1. The zero-order valence-corrected chi connectivity index (χ0v) is 23.1. The summed E-state index contributed by atoms with van der Waals surface area (Å²) in [5, 5.41) is 13.5. The van der Waals surface area contributed by atoms with Gasteiger partial charge in [0.05, 0.1) is 24.0 Å². The number of anilines is 2. The molecule has 0 spiro atoms. The minimum atomic E-state index is -0.981. The fraction of sp³-hybridized carbons (Fsp3) is 0.333. The van der Waals surface area contributed by atoms with Crippen LogP contribution in [-0.2, 0) is 22.7 Å². The van der Waals surface area contributed by atoms with Gasteiger partial charge in [0.1, 0.15) is 19.0 Å². The Balaban J connectivity index is 1.38. The van der Waals surface area contributed by atoms with Crippen LogP contribution >= 0.6 is 0 Å². The standard InChI is InChI=1S/C30H33FN6O5/c31-27-19-25(37(14-13-26(38)20-33-34-32)30(40)42-22-24-9-5-2-6-10-24)11-12-28(27)35-15-17-36(18-16-35)29(39)41-21-23-7-3-1-4-8-23/h1-12,19,26,38H,13-18,20-22H2/t26-/m1/s1. The number of azide groups is 1. The third kappa shape index (κ3) is 8.60. The van der Waals surface area contributed by atoms with Crippen molar-refractivity contribution in [2.24, 2.45) is 5.11 Å². The quantitative estimate of drug-likeness (QED) is 0.182. The molecule has 1 aliphatic heterocycles. The van der Waals surface area contributed by atoms with Crippen molar-refractivity contribution >= 4 is 23.6 Å². The summed E-state index contributed by atoms with van der Waals surface area (Å²) in [5.41, 5.74) is 10.8. The largest absolute Gasteiger partial charge is 0.445 e. The summed E-state index contributed by atoms with van der Waals surface area (Å²) in [6.07, 6.45) is -2.01. The number of carbonyl (C=O) groups is 2. The molecule has 1 N–H and O–H groups in total. The molecule has 0 radical (unpaired) electrons. The van der Waals surface area contributed by atoms with Crippen molar-refractivity contribution in [3.63, 3.8) is 0 Å². The van der Waals surface area contributed by atoms with Gasteiger partial charge in [0.2, 0.25) is 0 Å². The minimum absolute atomic E-state index is 0.0122. The highest BCUT2D eigenvalue weighted by atomic mass is 19.1. The highest BCUT2D eigenvalue weighted by Crippen LogP contribution is 2.27. The van der Waals surface area contributed by atoms with E-state index in [-0.39, 0.29) is 38.4 Å². The monoisotopic (exact) mass is 576 g/mol. The minimum Gasteiger partial charge on any atom is -0.445 e. The van der Waals surface area contributed by atoms with Gasteiger partial charge >= 0.3 is 12.2 Å². The molecule has 2 amide bonds. The Morgan fingerprint density at radius 3 is 2.17 bits per heavy atom. The Morgan fingerprint density at radius 1 is 0.952 bits per heavy atom. The van der Waals surface area contributed by atoms with Crippen molar-refractivity contribution in [3.05, 3.63) is 106 Å². The van der Waals surface area contributed by atoms with Crippen LogP contribution in [-0.4, -0.2) is 67.6 Å². The van der Waals surface area contributed by atoms with Gasteiger partial charge in [0, 0.05) is 37.6 Å². The van der Waals surface area contributed by atoms with Crippen LogP contribution in [0.4, 0.5) is 25.4 Å². The zero-order chi connectivity index (χ0) is 29.7. The molecule has 42 heavy (non-hydrogen) atoms. The lowest BCUT2D eigenvalue weighted by molar-refractivity contribution is 0.0941. The molecule has 12 heteroatoms. The number of carbonyl (C=O) groups excluding carboxylic acids is 2. The van der Waals surface area contributed by atoms with E-state index in [9.17, 15) is 14.7 Å². The third-order valence-corrected chi connectivity index (χ3v) is 6.79. The van der Waals surface area contributed by atoms with Crippen molar-refractivity contribution in [1.82, 2.24) is 4.90 Å². The van der Waals surface area contributed by atoms with Crippen molar-refractivity contribution in [2.45, 2.75) is 25.7 Å². The van der Waals surface area contributed by atoms with Gasteiger partial charge < -0.3 is 24.4 Å². The van der Waals surface area contributed by atoms with Crippen LogP contribution < -0.4 is 9.80 Å². The lowest BCUT2D eigenvalue weighted by Gasteiger charge is -2.35. The first-order valence-electron chi connectivity index (χ1n) is 13.6. The van der Waals surface area contributed by atoms with Crippen LogP contribution in [0.15, 0.2) is 84.0 Å². The van der Waals surface area contributed by atoms with Gasteiger partial charge in [-0.3, -0.25) is 4.90 Å². The van der Waals surface area contributed by atoms with Gasteiger partial charge in [-0.15, -0.1) is 0 Å². The number of hydrogen-bond acceptors (Lipinski definition) is 7. The number of rotatable bonds is 11. The number of benzene rings is 3. The molecular formula is C30H33FN6O5. The van der Waals surface area contributed by atoms with Gasteiger partial charge in [-0.2, -0.15) is 0 Å². The van der Waals surface area contributed by atoms with Gasteiger partial charge in [-0.1, -0.05) is 65.8 Å². The molecule has 11 nitrogen and oxygen atoms in total. The molecule has 1 saturated heterocycles. The molecule has 0 unspecified atom stereocenters. The summed E-state index contributed by atoms with van der Waals surface area (Å²) in [4.78, 5) is 32.9. The predicted molar refractivity (Wildman–Crippen MR) is 155 cm³/mol. The second-order valence-electron chi connectivity index (χ2n) is 9.70. The van der Waals surface area contributed by atoms with Crippen molar-refractivity contribution in [2.75, 3.05) is 49.1 Å². The maximum Gasteiger partial charge on any atom is 0.414 e. The molecule has 0 aromatic heterocycles. The van der Waals surface area contributed by atoms with Crippen LogP contribution in [0, 0.1) is 5.82 Å². The smallest absolute Gasteiger partial charge is 0.414 e. The Bertz CT molecular complexity index is 1370. The number of aliphatic hydroxyl groups is 1. The van der Waals surface area contributed by atoms with E-state index in [1.807, 2.05) is 65.6 Å². The number of amides is 2. The van der Waals surface area contributed by atoms with Crippen LogP contribution in [0.3, 0.4) is 0 Å². The summed E-state index contributed by atoms with van der Waals surface area (Å²) in [5.74, 6) is -0.539. The fourth-order valence-corrected chi connectivity index (χ4v) is 4.48. The molecule has 220 valence electrons. The molecule has 3 aromatic rings. The topological polar surface area (TPSA) is 131 Å². The average Bonchev–Trinajstić information content (AvgIpc) is 3.03. The predicted octanol–water partition coefficient (Wildman–Crippen LogP) is 5.49. The van der Waals surface area contributed by atoms with Crippen LogP contribution in [0.5, 0.6) is 0 Å². The van der Waals surface area contributed by atoms with Crippen molar-refractivity contribution in [1.29, 1.82) is 0 Å². The van der Waals surface area contributed by atoms with Gasteiger partial charge in [-0.25, -0.2) is 14.0 Å². The van der Waals surface area contributed by atoms with Crippen LogP contribution in [0.2, 0.25) is 0 Å². The first kappa shape index (κ1) is 30.2. The van der Waals surface area contributed by atoms with E-state index >= 15 is 4.39 Å². The highest BCUT2D eigenvalue weighted by molar-refractivity contribution is 5.88. The number of nitrogens with zero attached hydrogens (tertiary/aromatic N) is 6. The van der Waals surface area contributed by atoms with Crippen LogP contribution in [0.1, 0.15) is 17.5 Å². The lowest BCUT2D eigenvalue weighted by Crippen LogP contribution is -2.49. The van der Waals surface area contributed by atoms with Gasteiger partial charge in [0.15, 0.2) is 0 Å². The molecule has 3 aromatic carbocycles. The maximum atomic E-state index is 15.4. The number of aliphatic hydroxyl groups excluding tert-OH is 1. The van der Waals surface area contributed by atoms with Crippen LogP contribution in [0.25, 0.3) is 10.4 Å². The fourth-order valence-electron chi connectivity index (χ4n) is 4.48. The SMILES string of the molecule is [N-]=[N+]=NC[C@H](O)CCN(C(=O)OCc1ccccc1)c1ccc(N2CCN(C(=O)OCc3ccccc3)CC2)c(F)c1. The maximum absolute atomic E-state index is 15.4. The molecular weight excluding hydrogens is 543 g/mol. The second-order valence-corrected chi connectivity index (χ2v) is 9.70. The number of hydrogen-bond donors (Lipinski definition) is 1. The summed E-state index contributed by atoms with van der Waals surface area (Å²) >= 11 is 0. The van der Waals surface area contributed by atoms with Gasteiger partial charge in [0.25, 0.3) is 0 Å². The Morgan fingerprint density at radius 2 is 1.57 bits per heavy atom. The molecule has 1 aliphatic rings. The molecule has 1 atom stereocenters. The van der Waals surface area contributed by atoms with E-state index in [0.29, 0.717) is 31.9 Å². The Kier molecular flexibility index (Phi) is 11.0. The highest BCUT2D eigenvalue weighted by Gasteiger charge is 2.25. The van der Waals surface area contributed by atoms with E-state index in [0.717, 1.165) is 11.1 Å². The lowest BCUT2D eigenvalue weighted by atomic mass is 10.2. The van der Waals surface area contributed by atoms with E-state index in [4.69, 9.17) is 15.0 Å². The molecule has 0 aliphatic carbocycles. The molecule has 0 saturated carbocycles. The summed E-state index contributed by atoms with van der Waals surface area (Å²) < 4.78 is 26.3. The zero-order valence-electron chi connectivity index (χ0n) is 23.1. The van der Waals surface area contributed by atoms with Crippen molar-refractivity contribution < 1.29 is 28.6 Å². The van der Waals surface area contributed by atoms with E-state index in [2.05, 4.69) is 10.0 Å². The molecule has 4 rings (SSSR count). The average molecular weight is 577 g/mol. The first-order valence-corrected chi connectivity index (χ1v) is 13.6. The van der Waals surface area contributed by atoms with Crippen molar-refractivity contribution in [3.8, 4) is 0 Å². The number of ether oxygens (including phenoxy) is 2. The van der Waals surface area contributed by atoms with E-state index in [1.54, 1.807) is 17.0 Å². The normalized spacial score (nSPS) is 13.6. The molecule has 1 heterocycles. The first-order chi connectivity index (χ1) is 20.4.